The maximum atomic E-state index is 11.5. The first-order valence-corrected chi connectivity index (χ1v) is 4.96. The van der Waals surface area contributed by atoms with Crippen LogP contribution in [0.1, 0.15) is 40.0 Å². The van der Waals surface area contributed by atoms with Gasteiger partial charge in [0.2, 0.25) is 5.91 Å². The summed E-state index contributed by atoms with van der Waals surface area (Å²) in [5.41, 5.74) is 0.247. The Morgan fingerprint density at radius 3 is 2.43 bits per heavy atom. The van der Waals surface area contributed by atoms with Crippen molar-refractivity contribution in [2.24, 2.45) is 5.41 Å². The molecule has 0 spiro atoms. The fourth-order valence-corrected chi connectivity index (χ4v) is 1.25. The molecule has 1 aliphatic carbocycles. The summed E-state index contributed by atoms with van der Waals surface area (Å²) in [5.74, 6) is -0.433. The van der Waals surface area contributed by atoms with E-state index in [0.717, 1.165) is 24.8 Å². The van der Waals surface area contributed by atoms with E-state index in [2.05, 4.69) is 5.32 Å². The van der Waals surface area contributed by atoms with E-state index in [4.69, 9.17) is 0 Å². The van der Waals surface area contributed by atoms with Crippen molar-refractivity contribution in [1.82, 2.24) is 5.32 Å². The molecule has 0 unspecified atom stereocenters. The molecule has 1 rings (SSSR count). The molecule has 0 aromatic rings. The Kier molecular flexibility index (Phi) is 3.09. The zero-order valence-electron chi connectivity index (χ0n) is 9.02. The lowest BCUT2D eigenvalue weighted by Crippen LogP contribution is -2.39. The molecule has 0 radical (unpaired) electrons. The van der Waals surface area contributed by atoms with E-state index in [-0.39, 0.29) is 11.8 Å². The van der Waals surface area contributed by atoms with Gasteiger partial charge in [0.25, 0.3) is 5.91 Å². The lowest BCUT2D eigenvalue weighted by atomic mass is 9.95. The van der Waals surface area contributed by atoms with E-state index in [0.29, 0.717) is 0 Å². The number of imide groups is 1. The minimum absolute atomic E-state index is 0.213. The van der Waals surface area contributed by atoms with Gasteiger partial charge in [-0.05, 0) is 19.3 Å². The molecule has 0 aromatic carbocycles. The number of amides is 2. The van der Waals surface area contributed by atoms with E-state index in [1.54, 1.807) is 20.8 Å². The van der Waals surface area contributed by atoms with Crippen LogP contribution in [0.15, 0.2) is 11.6 Å². The van der Waals surface area contributed by atoms with E-state index in [1.807, 2.05) is 6.08 Å². The summed E-state index contributed by atoms with van der Waals surface area (Å²) in [5, 5.41) is 2.42. The Morgan fingerprint density at radius 1 is 1.36 bits per heavy atom. The van der Waals surface area contributed by atoms with Crippen molar-refractivity contribution < 1.29 is 9.59 Å². The highest BCUT2D eigenvalue weighted by Gasteiger charge is 2.24. The zero-order chi connectivity index (χ0) is 10.8. The van der Waals surface area contributed by atoms with Crippen molar-refractivity contribution in [2.45, 2.75) is 40.0 Å². The molecule has 2 amide bonds. The molecular formula is C11H17NO2. The van der Waals surface area contributed by atoms with Crippen LogP contribution in [0.4, 0.5) is 0 Å². The molecule has 0 atom stereocenters. The molecule has 0 aromatic heterocycles. The first-order chi connectivity index (χ1) is 6.41. The van der Waals surface area contributed by atoms with Gasteiger partial charge >= 0.3 is 0 Å². The van der Waals surface area contributed by atoms with Gasteiger partial charge in [0.05, 0.1) is 0 Å². The fraction of sp³-hybridized carbons (Fsp3) is 0.636. The molecule has 78 valence electrons. The average Bonchev–Trinajstić information content (AvgIpc) is 2.53. The molecule has 0 saturated heterocycles. The van der Waals surface area contributed by atoms with Crippen molar-refractivity contribution >= 4 is 11.8 Å². The third-order valence-electron chi connectivity index (χ3n) is 2.24. The smallest absolute Gasteiger partial charge is 0.253 e. The monoisotopic (exact) mass is 195 g/mol. The van der Waals surface area contributed by atoms with Gasteiger partial charge in [-0.3, -0.25) is 14.9 Å². The molecule has 0 saturated carbocycles. The third-order valence-corrected chi connectivity index (χ3v) is 2.24. The molecule has 14 heavy (non-hydrogen) atoms. The Morgan fingerprint density at radius 2 is 2.00 bits per heavy atom. The molecule has 1 N–H and O–H groups in total. The van der Waals surface area contributed by atoms with E-state index in [9.17, 15) is 9.59 Å². The SMILES string of the molecule is CC(C)(C)C(=O)NC(=O)C1=CCCC1. The second-order valence-corrected chi connectivity index (χ2v) is 4.65. The lowest BCUT2D eigenvalue weighted by Gasteiger charge is -2.16. The van der Waals surface area contributed by atoms with Crippen molar-refractivity contribution in [3.8, 4) is 0 Å². The lowest BCUT2D eigenvalue weighted by molar-refractivity contribution is -0.133. The average molecular weight is 195 g/mol. The Labute approximate surface area is 84.6 Å². The molecule has 3 nitrogen and oxygen atoms in total. The van der Waals surface area contributed by atoms with Gasteiger partial charge < -0.3 is 0 Å². The van der Waals surface area contributed by atoms with E-state index >= 15 is 0 Å². The van der Waals surface area contributed by atoms with Gasteiger partial charge in [0.1, 0.15) is 0 Å². The molecule has 0 aliphatic heterocycles. The molecule has 0 heterocycles. The molecule has 3 heteroatoms. The quantitative estimate of drug-likeness (QED) is 0.693. The fourth-order valence-electron chi connectivity index (χ4n) is 1.25. The topological polar surface area (TPSA) is 46.2 Å². The van der Waals surface area contributed by atoms with Crippen LogP contribution in [0, 0.1) is 5.41 Å². The maximum absolute atomic E-state index is 11.5. The number of carbonyl (C=O) groups excluding carboxylic acids is 2. The zero-order valence-corrected chi connectivity index (χ0v) is 9.02. The number of rotatable bonds is 1. The maximum Gasteiger partial charge on any atom is 0.253 e. The highest BCUT2D eigenvalue weighted by atomic mass is 16.2. The second-order valence-electron chi connectivity index (χ2n) is 4.65. The number of hydrogen-bond acceptors (Lipinski definition) is 2. The van der Waals surface area contributed by atoms with E-state index in [1.165, 1.54) is 0 Å². The van der Waals surface area contributed by atoms with Crippen LogP contribution in [0.3, 0.4) is 0 Å². The van der Waals surface area contributed by atoms with Gasteiger partial charge in [0.15, 0.2) is 0 Å². The van der Waals surface area contributed by atoms with Crippen LogP contribution >= 0.6 is 0 Å². The van der Waals surface area contributed by atoms with Gasteiger partial charge in [-0.25, -0.2) is 0 Å². The minimum atomic E-state index is -0.505. The standard InChI is InChI=1S/C11H17NO2/c1-11(2,3)10(14)12-9(13)8-6-4-5-7-8/h6H,4-5,7H2,1-3H3,(H,12,13,14). The normalized spacial score (nSPS) is 16.4. The first kappa shape index (κ1) is 11.0. The van der Waals surface area contributed by atoms with Crippen molar-refractivity contribution in [2.75, 3.05) is 0 Å². The number of nitrogens with one attached hydrogen (secondary N) is 1. The van der Waals surface area contributed by atoms with Gasteiger partial charge in [-0.15, -0.1) is 0 Å². The summed E-state index contributed by atoms with van der Waals surface area (Å²) in [4.78, 5) is 23.0. The highest BCUT2D eigenvalue weighted by molar-refractivity contribution is 6.05. The summed E-state index contributed by atoms with van der Waals surface area (Å²) in [6.45, 7) is 5.37. The van der Waals surface area contributed by atoms with Gasteiger partial charge in [-0.2, -0.15) is 0 Å². The summed E-state index contributed by atoms with van der Waals surface area (Å²) in [6, 6.07) is 0. The molecule has 0 fully saturated rings. The highest BCUT2D eigenvalue weighted by Crippen LogP contribution is 2.18. The Balaban J connectivity index is 2.53. The van der Waals surface area contributed by atoms with Crippen LogP contribution in [-0.4, -0.2) is 11.8 Å². The number of hydrogen-bond donors (Lipinski definition) is 1. The molecule has 0 bridgehead atoms. The second kappa shape index (κ2) is 3.95. The Bertz CT molecular complexity index is 284. The van der Waals surface area contributed by atoms with Crippen LogP contribution in [-0.2, 0) is 9.59 Å². The number of allylic oxidation sites excluding steroid dienone is 1. The summed E-state index contributed by atoms with van der Waals surface area (Å²) in [7, 11) is 0. The Hall–Kier alpha value is -1.12. The van der Waals surface area contributed by atoms with Crippen molar-refractivity contribution in [1.29, 1.82) is 0 Å². The number of carbonyl (C=O) groups is 2. The van der Waals surface area contributed by atoms with Crippen molar-refractivity contribution in [3.05, 3.63) is 11.6 Å². The van der Waals surface area contributed by atoms with Crippen LogP contribution in [0.25, 0.3) is 0 Å². The predicted molar refractivity (Wildman–Crippen MR) is 54.5 cm³/mol. The summed E-state index contributed by atoms with van der Waals surface area (Å²) in [6.07, 6.45) is 4.67. The van der Waals surface area contributed by atoms with Gasteiger partial charge in [0, 0.05) is 11.0 Å². The van der Waals surface area contributed by atoms with Crippen LogP contribution < -0.4 is 5.32 Å². The van der Waals surface area contributed by atoms with Crippen molar-refractivity contribution in [3.63, 3.8) is 0 Å². The molecular weight excluding hydrogens is 178 g/mol. The van der Waals surface area contributed by atoms with Crippen LogP contribution in [0.5, 0.6) is 0 Å². The van der Waals surface area contributed by atoms with E-state index < -0.39 is 5.41 Å². The molecule has 1 aliphatic rings. The van der Waals surface area contributed by atoms with Crippen LogP contribution in [0.2, 0.25) is 0 Å². The third kappa shape index (κ3) is 2.69. The first-order valence-electron chi connectivity index (χ1n) is 4.96. The summed E-state index contributed by atoms with van der Waals surface area (Å²) < 4.78 is 0. The summed E-state index contributed by atoms with van der Waals surface area (Å²) >= 11 is 0. The largest absolute Gasteiger partial charge is 0.292 e. The predicted octanol–water partition coefficient (Wildman–Crippen LogP) is 1.79. The minimum Gasteiger partial charge on any atom is -0.292 e. The van der Waals surface area contributed by atoms with Gasteiger partial charge in [-0.1, -0.05) is 26.8 Å².